The van der Waals surface area contributed by atoms with E-state index in [-0.39, 0.29) is 27.7 Å². The predicted octanol–water partition coefficient (Wildman–Crippen LogP) is 6.09. The molecule has 5 aliphatic rings. The standard InChI is InChI=1S/C27H32Cl3N5O3/c1-17-24(30)25(35(37)38)31-34(17)27-12-18-9-19(13-27)11-26(10-18,16-27)14-23(36)33-7-5-32(6-8-33)15-20-21(28)3-2-4-22(20)29/h2-4,18-19H,5-16H2,1H3. The van der Waals surface area contributed by atoms with E-state index in [1.165, 1.54) is 6.42 Å². The lowest BCUT2D eigenvalue weighted by atomic mass is 9.46. The number of hydrogen-bond acceptors (Lipinski definition) is 5. The van der Waals surface area contributed by atoms with Crippen molar-refractivity contribution in [2.24, 2.45) is 17.3 Å². The van der Waals surface area contributed by atoms with Crippen LogP contribution in [-0.2, 0) is 16.9 Å². The summed E-state index contributed by atoms with van der Waals surface area (Å²) in [5, 5.41) is 17.4. The second kappa shape index (κ2) is 9.65. The lowest BCUT2D eigenvalue weighted by Crippen LogP contribution is -2.58. The number of nitrogens with zero attached hydrogens (tertiary/aromatic N) is 5. The van der Waals surface area contributed by atoms with Crippen molar-refractivity contribution in [1.82, 2.24) is 19.6 Å². The molecule has 4 bridgehead atoms. The lowest BCUT2D eigenvalue weighted by Gasteiger charge is -2.61. The van der Waals surface area contributed by atoms with Gasteiger partial charge in [-0.25, -0.2) is 0 Å². The van der Waals surface area contributed by atoms with Gasteiger partial charge in [-0.05, 0) is 79.8 Å². The predicted molar refractivity (Wildman–Crippen MR) is 147 cm³/mol. The van der Waals surface area contributed by atoms with Gasteiger partial charge < -0.3 is 15.0 Å². The van der Waals surface area contributed by atoms with Gasteiger partial charge >= 0.3 is 5.82 Å². The molecule has 4 aliphatic carbocycles. The highest BCUT2D eigenvalue weighted by molar-refractivity contribution is 6.36. The molecular weight excluding hydrogens is 549 g/mol. The Balaban J connectivity index is 1.15. The molecule has 8 nitrogen and oxygen atoms in total. The molecule has 2 atom stereocenters. The number of carbonyl (C=O) groups excluding carboxylic acids is 1. The zero-order valence-corrected chi connectivity index (χ0v) is 23.7. The van der Waals surface area contributed by atoms with Crippen LogP contribution < -0.4 is 0 Å². The number of piperazine rings is 1. The van der Waals surface area contributed by atoms with Gasteiger partial charge in [0, 0.05) is 54.8 Å². The van der Waals surface area contributed by atoms with Gasteiger partial charge in [0.1, 0.15) is 0 Å². The van der Waals surface area contributed by atoms with Gasteiger partial charge in [-0.1, -0.05) is 40.9 Å². The molecule has 7 rings (SSSR count). The summed E-state index contributed by atoms with van der Waals surface area (Å²) < 4.78 is 1.86. The number of rotatable bonds is 6. The Morgan fingerprint density at radius 2 is 1.71 bits per heavy atom. The Morgan fingerprint density at radius 1 is 1.08 bits per heavy atom. The maximum absolute atomic E-state index is 13.6. The quantitative estimate of drug-likeness (QED) is 0.305. The van der Waals surface area contributed by atoms with Crippen LogP contribution in [0.3, 0.4) is 0 Å². The van der Waals surface area contributed by atoms with E-state index in [0.29, 0.717) is 53.6 Å². The summed E-state index contributed by atoms with van der Waals surface area (Å²) in [6.07, 6.45) is 6.57. The van der Waals surface area contributed by atoms with E-state index in [1.807, 2.05) is 34.7 Å². The molecule has 1 amide bonds. The first-order chi connectivity index (χ1) is 18.1. The van der Waals surface area contributed by atoms with Crippen LogP contribution in [0.1, 0.15) is 56.2 Å². The van der Waals surface area contributed by atoms with Crippen LogP contribution in [0.4, 0.5) is 5.82 Å². The van der Waals surface area contributed by atoms with Crippen LogP contribution in [0.5, 0.6) is 0 Å². The maximum atomic E-state index is 13.6. The molecule has 2 unspecified atom stereocenters. The van der Waals surface area contributed by atoms with Gasteiger partial charge in [0.05, 0.1) is 16.3 Å². The average molecular weight is 581 g/mol. The molecule has 1 saturated heterocycles. The fourth-order valence-electron chi connectivity index (χ4n) is 8.40. The fraction of sp³-hybridized carbons (Fsp3) is 0.630. The van der Waals surface area contributed by atoms with Crippen molar-refractivity contribution in [2.75, 3.05) is 26.2 Å². The molecule has 1 aromatic carbocycles. The Morgan fingerprint density at radius 3 is 2.29 bits per heavy atom. The van der Waals surface area contributed by atoms with E-state index in [0.717, 1.165) is 50.8 Å². The smallest absolute Gasteiger partial charge is 0.358 e. The summed E-state index contributed by atoms with van der Waals surface area (Å²) in [6.45, 7) is 5.45. The lowest BCUT2D eigenvalue weighted by molar-refractivity contribution is -0.389. The van der Waals surface area contributed by atoms with Gasteiger partial charge in [-0.2, -0.15) is 4.68 Å². The largest absolute Gasteiger partial charge is 0.408 e. The molecular formula is C27H32Cl3N5O3. The third kappa shape index (κ3) is 4.51. The summed E-state index contributed by atoms with van der Waals surface area (Å²) in [5.74, 6) is 0.991. The van der Waals surface area contributed by atoms with Crippen LogP contribution in [0, 0.1) is 34.3 Å². The maximum Gasteiger partial charge on any atom is 0.408 e. The van der Waals surface area contributed by atoms with E-state index in [2.05, 4.69) is 10.00 Å². The van der Waals surface area contributed by atoms with E-state index >= 15 is 0 Å². The number of carbonyl (C=O) groups is 1. The molecule has 0 N–H and O–H groups in total. The monoisotopic (exact) mass is 579 g/mol. The molecule has 11 heteroatoms. The molecule has 1 aliphatic heterocycles. The van der Waals surface area contributed by atoms with Crippen molar-refractivity contribution >= 4 is 46.5 Å². The van der Waals surface area contributed by atoms with Crippen molar-refractivity contribution < 1.29 is 9.72 Å². The first-order valence-corrected chi connectivity index (χ1v) is 14.5. The second-order valence-electron chi connectivity index (χ2n) is 12.1. The molecule has 2 heterocycles. The summed E-state index contributed by atoms with van der Waals surface area (Å²) in [7, 11) is 0. The zero-order chi connectivity index (χ0) is 26.8. The fourth-order valence-corrected chi connectivity index (χ4v) is 9.10. The normalized spacial score (nSPS) is 30.7. The van der Waals surface area contributed by atoms with Crippen molar-refractivity contribution in [3.05, 3.63) is 54.6 Å². The SMILES string of the molecule is Cc1c(Cl)c([N+](=O)[O-])nn1C12CC3CC(CC(CC(=O)N4CCN(Cc5c(Cl)cccc5Cl)CC4)(C3)C1)C2. The first kappa shape index (κ1) is 26.4. The van der Waals surface area contributed by atoms with Gasteiger partial charge in [0.25, 0.3) is 0 Å². The molecule has 38 heavy (non-hydrogen) atoms. The Labute approximate surface area is 237 Å². The first-order valence-electron chi connectivity index (χ1n) is 13.4. The minimum Gasteiger partial charge on any atom is -0.358 e. The Hall–Kier alpha value is -1.87. The summed E-state index contributed by atoms with van der Waals surface area (Å²) >= 11 is 19.1. The Bertz CT molecular complexity index is 1250. The topological polar surface area (TPSA) is 84.5 Å². The Kier molecular flexibility index (Phi) is 6.69. The second-order valence-corrected chi connectivity index (χ2v) is 13.3. The van der Waals surface area contributed by atoms with Crippen LogP contribution >= 0.6 is 34.8 Å². The van der Waals surface area contributed by atoms with Crippen molar-refractivity contribution in [3.8, 4) is 0 Å². The molecule has 2 aromatic rings. The highest BCUT2D eigenvalue weighted by Gasteiger charge is 2.61. The van der Waals surface area contributed by atoms with Crippen LogP contribution in [-0.4, -0.2) is 56.6 Å². The van der Waals surface area contributed by atoms with Crippen molar-refractivity contribution in [3.63, 3.8) is 0 Å². The minimum absolute atomic E-state index is 0.0803. The number of halogens is 3. The summed E-state index contributed by atoms with van der Waals surface area (Å²) in [6, 6.07) is 5.57. The number of hydrogen-bond donors (Lipinski definition) is 0. The molecule has 5 fully saturated rings. The molecule has 1 aromatic heterocycles. The van der Waals surface area contributed by atoms with Crippen molar-refractivity contribution in [2.45, 2.75) is 64.0 Å². The zero-order valence-electron chi connectivity index (χ0n) is 21.5. The van der Waals surface area contributed by atoms with Gasteiger partial charge in [-0.3, -0.25) is 9.69 Å². The van der Waals surface area contributed by atoms with E-state index in [1.54, 1.807) is 0 Å². The molecule has 204 valence electrons. The van der Waals surface area contributed by atoms with Gasteiger partial charge in [-0.15, -0.1) is 0 Å². The van der Waals surface area contributed by atoms with Crippen LogP contribution in [0.25, 0.3) is 0 Å². The number of nitro groups is 1. The third-order valence-corrected chi connectivity index (χ3v) is 10.6. The summed E-state index contributed by atoms with van der Waals surface area (Å²) in [5.41, 5.74) is 1.22. The number of amides is 1. The average Bonchev–Trinajstić information content (AvgIpc) is 3.16. The minimum atomic E-state index is -0.495. The van der Waals surface area contributed by atoms with Gasteiger partial charge in [0.2, 0.25) is 5.91 Å². The number of aromatic nitrogens is 2. The third-order valence-electron chi connectivity index (χ3n) is 9.49. The number of benzene rings is 1. The summed E-state index contributed by atoms with van der Waals surface area (Å²) in [4.78, 5) is 29.0. The van der Waals surface area contributed by atoms with Gasteiger partial charge in [0.15, 0.2) is 5.02 Å². The van der Waals surface area contributed by atoms with E-state index in [4.69, 9.17) is 34.8 Å². The van der Waals surface area contributed by atoms with Crippen LogP contribution in [0.15, 0.2) is 18.2 Å². The molecule has 4 saturated carbocycles. The highest BCUT2D eigenvalue weighted by atomic mass is 35.5. The van der Waals surface area contributed by atoms with Crippen molar-refractivity contribution in [1.29, 1.82) is 0 Å². The van der Waals surface area contributed by atoms with E-state index < -0.39 is 4.92 Å². The van der Waals surface area contributed by atoms with E-state index in [9.17, 15) is 14.9 Å². The molecule has 0 radical (unpaired) electrons. The van der Waals surface area contributed by atoms with Crippen LogP contribution in [0.2, 0.25) is 15.1 Å². The highest BCUT2D eigenvalue weighted by Crippen LogP contribution is 2.65. The molecule has 0 spiro atoms.